The Morgan fingerprint density at radius 3 is 2.41 bits per heavy atom. The molecule has 16 nitrogen and oxygen atoms in total. The summed E-state index contributed by atoms with van der Waals surface area (Å²) in [4.78, 5) is 51.9. The number of likely N-dealkylation sites (N-methyl/N-ethyl adjacent to an activating group) is 1. The van der Waals surface area contributed by atoms with E-state index in [0.29, 0.717) is 5.16 Å². The molecular weight excluding hydrogens is 747 g/mol. The number of pyridine rings is 1. The third-order valence-corrected chi connectivity index (χ3v) is 12.1. The minimum Gasteiger partial charge on any atom is -0.508 e. The normalized spacial score (nSPS) is 24.9. The van der Waals surface area contributed by atoms with Crippen molar-refractivity contribution in [3.63, 3.8) is 0 Å². The Morgan fingerprint density at radius 1 is 1.09 bits per heavy atom. The summed E-state index contributed by atoms with van der Waals surface area (Å²) in [5.41, 5.74) is 3.61. The van der Waals surface area contributed by atoms with Gasteiger partial charge in [0.1, 0.15) is 34.3 Å². The number of nitrogens with one attached hydrogen (secondary N) is 1. The van der Waals surface area contributed by atoms with Gasteiger partial charge in [0.05, 0.1) is 64.7 Å². The highest BCUT2D eigenvalue weighted by Crippen LogP contribution is 2.57. The number of Topliss-reactive ketones (excluding diaryl/α,β-unsaturated/α-hetero) is 2. The van der Waals surface area contributed by atoms with E-state index in [1.807, 2.05) is 32.0 Å². The summed E-state index contributed by atoms with van der Waals surface area (Å²) >= 11 is 0. The van der Waals surface area contributed by atoms with E-state index in [4.69, 9.17) is 15.2 Å². The number of rotatable bonds is 7. The van der Waals surface area contributed by atoms with Gasteiger partial charge in [-0.25, -0.2) is 4.98 Å². The van der Waals surface area contributed by atoms with Crippen molar-refractivity contribution in [3.8, 4) is 17.2 Å². The molecule has 6 atom stereocenters. The van der Waals surface area contributed by atoms with Crippen LogP contribution in [0, 0.1) is 25.7 Å². The van der Waals surface area contributed by atoms with Gasteiger partial charge in [0.2, 0.25) is 5.78 Å². The summed E-state index contributed by atoms with van der Waals surface area (Å²) in [7, 11) is 4.91. The molecule has 0 spiro atoms. The molecule has 296 valence electrons. The zero-order chi connectivity index (χ0) is 41.2. The molecule has 7 rings (SSSR count). The highest BCUT2D eigenvalue weighted by molar-refractivity contribution is 7.84. The Hall–Kier alpha value is -5.62. The van der Waals surface area contributed by atoms with E-state index in [1.165, 1.54) is 44.1 Å². The lowest BCUT2D eigenvalue weighted by Gasteiger charge is -2.53. The van der Waals surface area contributed by atoms with Crippen molar-refractivity contribution in [2.45, 2.75) is 55.3 Å². The smallest absolute Gasteiger partial charge is 0.255 e. The molecule has 1 unspecified atom stereocenters. The number of benzene rings is 2. The second-order valence-corrected chi connectivity index (χ2v) is 15.8. The minimum atomic E-state index is -2.75. The first-order valence-electron chi connectivity index (χ1n) is 17.4. The number of imidazole rings is 1. The van der Waals surface area contributed by atoms with E-state index >= 15 is 0 Å². The fourth-order valence-electron chi connectivity index (χ4n) is 8.11. The Bertz CT molecular complexity index is 2400. The maximum atomic E-state index is 13.7. The number of aromatic amines is 1. The number of H-pyrrole nitrogens is 1. The van der Waals surface area contributed by atoms with Gasteiger partial charge in [-0.15, -0.1) is 0 Å². The van der Waals surface area contributed by atoms with Gasteiger partial charge < -0.3 is 45.7 Å². The van der Waals surface area contributed by atoms with Gasteiger partial charge in [0.25, 0.3) is 5.91 Å². The fourth-order valence-corrected chi connectivity index (χ4v) is 9.21. The molecule has 0 aliphatic heterocycles. The van der Waals surface area contributed by atoms with Gasteiger partial charge in [0.15, 0.2) is 16.5 Å². The van der Waals surface area contributed by atoms with Crippen molar-refractivity contribution in [1.82, 2.24) is 19.9 Å². The van der Waals surface area contributed by atoms with Gasteiger partial charge in [0, 0.05) is 40.8 Å². The number of phenols is 1. The van der Waals surface area contributed by atoms with Crippen molar-refractivity contribution < 1.29 is 53.6 Å². The number of fused-ring (bicyclic) bond motifs is 4. The standard InChI is InChI=1S/C22H24N2O8.C17H19N3O3S/c1-21(31)8-5-4-6-11(25)12(8)16(26)13-9(21)7-10-15(24(2)3)17(27)14(20(23)30)19(29)22(10,32)18(13)28;1-10-8-18-15(11(2)16(10)23-4)9-24(21)17-19-13-6-5-12(22-3)7-14(13)20-17/h4-6,9-10,15,25-26,29,31-32H,7H2,1-3H3,(H2,23,30);5-8H,9H2,1-4H3,(H,19,20)/t9-,10-,15-,21+,22-;/m0./s1. The molecule has 0 saturated heterocycles. The van der Waals surface area contributed by atoms with E-state index in [-0.39, 0.29) is 23.3 Å². The number of primary amides is 1. The number of carbonyl (C=O) groups excluding carboxylic acids is 3. The predicted molar refractivity (Wildman–Crippen MR) is 203 cm³/mol. The number of aromatic nitrogens is 3. The second-order valence-electron chi connectivity index (χ2n) is 14.4. The molecule has 3 aliphatic rings. The number of nitrogens with zero attached hydrogens (tertiary/aromatic N) is 3. The van der Waals surface area contributed by atoms with Crippen LogP contribution < -0.4 is 15.2 Å². The van der Waals surface area contributed by atoms with Crippen molar-refractivity contribution in [2.75, 3.05) is 28.3 Å². The molecule has 3 aliphatic carbocycles. The van der Waals surface area contributed by atoms with E-state index < -0.39 is 85.8 Å². The maximum Gasteiger partial charge on any atom is 0.255 e. The van der Waals surface area contributed by atoms with Crippen LogP contribution in [0.4, 0.5) is 0 Å². The third kappa shape index (κ3) is 6.20. The number of ether oxygens (including phenoxy) is 2. The number of hydrogen-bond donors (Lipinski definition) is 7. The number of aliphatic hydroxyl groups excluding tert-OH is 2. The lowest BCUT2D eigenvalue weighted by molar-refractivity contribution is -0.159. The van der Waals surface area contributed by atoms with Crippen LogP contribution >= 0.6 is 0 Å². The molecule has 2 heterocycles. The number of nitrogens with two attached hydrogens (primary N) is 1. The zero-order valence-electron chi connectivity index (χ0n) is 31.7. The number of aliphatic hydroxyl groups is 4. The van der Waals surface area contributed by atoms with Crippen molar-refractivity contribution >= 4 is 45.1 Å². The summed E-state index contributed by atoms with van der Waals surface area (Å²) in [6.07, 6.45) is 1.54. The molecule has 2 aromatic carbocycles. The summed E-state index contributed by atoms with van der Waals surface area (Å²) < 4.78 is 23.3. The topological polar surface area (TPSA) is 259 Å². The van der Waals surface area contributed by atoms with Crippen LogP contribution in [0.2, 0.25) is 0 Å². The van der Waals surface area contributed by atoms with Crippen LogP contribution in [0.3, 0.4) is 0 Å². The number of amides is 1. The summed E-state index contributed by atoms with van der Waals surface area (Å²) in [5.74, 6) is -6.11. The van der Waals surface area contributed by atoms with Gasteiger partial charge in [-0.3, -0.25) is 28.5 Å². The van der Waals surface area contributed by atoms with Crippen molar-refractivity contribution in [3.05, 3.63) is 87.4 Å². The number of methoxy groups -OCH3 is 2. The summed E-state index contributed by atoms with van der Waals surface area (Å²) in [6.45, 7) is 5.26. The number of carbonyl (C=O) groups is 3. The average Bonchev–Trinajstić information content (AvgIpc) is 3.57. The molecule has 0 bridgehead atoms. The number of aryl methyl sites for hydroxylation is 1. The van der Waals surface area contributed by atoms with E-state index in [0.717, 1.165) is 39.4 Å². The largest absolute Gasteiger partial charge is 0.508 e. The van der Waals surface area contributed by atoms with Crippen LogP contribution in [0.5, 0.6) is 17.2 Å². The Kier molecular flexibility index (Phi) is 10.3. The Labute approximate surface area is 323 Å². The van der Waals surface area contributed by atoms with E-state index in [1.54, 1.807) is 20.4 Å². The molecule has 2 aromatic heterocycles. The monoisotopic (exact) mass is 789 g/mol. The first-order valence-corrected chi connectivity index (χ1v) is 18.7. The van der Waals surface area contributed by atoms with E-state index in [9.17, 15) is 44.1 Å². The molecule has 1 amide bonds. The Balaban J connectivity index is 0.000000198. The molecule has 8 N–H and O–H groups in total. The quantitative estimate of drug-likeness (QED) is 0.133. The molecule has 1 fully saturated rings. The highest BCUT2D eigenvalue weighted by Gasteiger charge is 2.66. The van der Waals surface area contributed by atoms with Crippen LogP contribution in [-0.4, -0.2) is 107 Å². The molecule has 1 saturated carbocycles. The fraction of sp³-hybridized carbons (Fsp3) is 0.359. The summed E-state index contributed by atoms with van der Waals surface area (Å²) in [5, 5.41) is 55.3. The first kappa shape index (κ1) is 40.1. The minimum absolute atomic E-state index is 0.170. The molecule has 4 aromatic rings. The highest BCUT2D eigenvalue weighted by atomic mass is 32.2. The lowest BCUT2D eigenvalue weighted by Crippen LogP contribution is -2.67. The predicted octanol–water partition coefficient (Wildman–Crippen LogP) is 2.53. The molecule has 56 heavy (non-hydrogen) atoms. The first-order chi connectivity index (χ1) is 26.3. The molecule has 0 radical (unpaired) electrons. The van der Waals surface area contributed by atoms with Crippen LogP contribution in [0.1, 0.15) is 41.3 Å². The second kappa shape index (κ2) is 14.5. The van der Waals surface area contributed by atoms with Gasteiger partial charge in [-0.05, 0) is 65.0 Å². The number of aromatic hydroxyl groups is 1. The van der Waals surface area contributed by atoms with Crippen LogP contribution in [-0.2, 0) is 36.5 Å². The maximum absolute atomic E-state index is 13.7. The van der Waals surface area contributed by atoms with Crippen LogP contribution in [0.25, 0.3) is 16.8 Å². The van der Waals surface area contributed by atoms with Gasteiger partial charge in [-0.2, -0.15) is 0 Å². The molecule has 17 heteroatoms. The number of ketones is 2. The lowest BCUT2D eigenvalue weighted by atomic mass is 9.54. The SMILES string of the molecule is CN(C)[C@@H]1C(=O)C(C(N)=O)=C(O)[C@@]2(O)C(=O)C3=C(O)c4c(O)cccc4[C@@](C)(O)[C@H]3C[C@@H]12.COc1ccc2nc(S(=O)Cc3ncc(C)c(OC)c3C)[nH]c2c1. The average molecular weight is 790 g/mol. The van der Waals surface area contributed by atoms with E-state index in [2.05, 4.69) is 15.0 Å². The Morgan fingerprint density at radius 2 is 1.79 bits per heavy atom. The zero-order valence-corrected chi connectivity index (χ0v) is 32.5. The van der Waals surface area contributed by atoms with Gasteiger partial charge in [-0.1, -0.05) is 12.1 Å². The molecular formula is C39H43N5O11S. The summed E-state index contributed by atoms with van der Waals surface area (Å²) in [6, 6.07) is 8.51. The van der Waals surface area contributed by atoms with Crippen LogP contribution in [0.15, 0.2) is 64.7 Å². The van der Waals surface area contributed by atoms with Crippen molar-refractivity contribution in [1.29, 1.82) is 0 Å². The third-order valence-electron chi connectivity index (χ3n) is 10.9. The number of phenolic OH excluding ortho intramolecular Hbond substituents is 1. The van der Waals surface area contributed by atoms with Crippen molar-refractivity contribution in [2.24, 2.45) is 17.6 Å². The number of hydrogen-bond acceptors (Lipinski definition) is 14. The van der Waals surface area contributed by atoms with Gasteiger partial charge >= 0.3 is 0 Å².